The zero-order valence-electron chi connectivity index (χ0n) is 9.68. The molecule has 2 aliphatic rings. The molecule has 1 aliphatic carbocycles. The molecule has 0 amide bonds. The van der Waals surface area contributed by atoms with Crippen molar-refractivity contribution in [3.8, 4) is 0 Å². The van der Waals surface area contributed by atoms with Gasteiger partial charge in [0, 0.05) is 12.6 Å². The highest BCUT2D eigenvalue weighted by Gasteiger charge is 2.37. The predicted octanol–water partition coefficient (Wildman–Crippen LogP) is 1.86. The lowest BCUT2D eigenvalue weighted by Crippen LogP contribution is -2.39. The monoisotopic (exact) mass is 196 g/mol. The van der Waals surface area contributed by atoms with Crippen molar-refractivity contribution in [1.82, 2.24) is 10.2 Å². The van der Waals surface area contributed by atoms with Gasteiger partial charge in [0.15, 0.2) is 0 Å². The van der Waals surface area contributed by atoms with Crippen LogP contribution >= 0.6 is 0 Å². The van der Waals surface area contributed by atoms with Gasteiger partial charge in [-0.05, 0) is 51.2 Å². The zero-order chi connectivity index (χ0) is 10.0. The van der Waals surface area contributed by atoms with E-state index in [1.165, 1.54) is 51.7 Å². The van der Waals surface area contributed by atoms with Crippen LogP contribution in [-0.2, 0) is 0 Å². The van der Waals surface area contributed by atoms with Gasteiger partial charge < -0.3 is 5.32 Å². The molecule has 2 nitrogen and oxygen atoms in total. The van der Waals surface area contributed by atoms with Gasteiger partial charge in [0.2, 0.25) is 0 Å². The normalized spacial score (nSPS) is 34.7. The molecule has 82 valence electrons. The second kappa shape index (κ2) is 4.19. The molecule has 1 saturated carbocycles. The summed E-state index contributed by atoms with van der Waals surface area (Å²) < 4.78 is 0. The van der Waals surface area contributed by atoms with Gasteiger partial charge in [-0.25, -0.2) is 0 Å². The van der Waals surface area contributed by atoms with Gasteiger partial charge in [-0.3, -0.25) is 4.90 Å². The van der Waals surface area contributed by atoms with Gasteiger partial charge in [-0.1, -0.05) is 13.3 Å². The third-order valence-corrected chi connectivity index (χ3v) is 4.16. The molecule has 1 unspecified atom stereocenters. The number of hydrogen-bond acceptors (Lipinski definition) is 2. The first-order chi connectivity index (χ1) is 6.73. The molecule has 1 N–H and O–H groups in total. The quantitative estimate of drug-likeness (QED) is 0.738. The Hall–Kier alpha value is -0.0800. The summed E-state index contributed by atoms with van der Waals surface area (Å²) in [6.45, 7) is 6.34. The number of nitrogens with zero attached hydrogens (tertiary/aromatic N) is 1. The third-order valence-electron chi connectivity index (χ3n) is 4.16. The summed E-state index contributed by atoms with van der Waals surface area (Å²) in [5.41, 5.74) is 0.596. The molecule has 0 aromatic heterocycles. The van der Waals surface area contributed by atoms with Crippen LogP contribution in [0.15, 0.2) is 0 Å². The van der Waals surface area contributed by atoms with E-state index in [1.807, 2.05) is 0 Å². The lowest BCUT2D eigenvalue weighted by Gasteiger charge is -2.36. The van der Waals surface area contributed by atoms with Crippen LogP contribution in [0.4, 0.5) is 0 Å². The molecule has 2 rings (SSSR count). The molecule has 2 heteroatoms. The summed E-state index contributed by atoms with van der Waals surface area (Å²) in [7, 11) is 2.06. The molecule has 1 saturated heterocycles. The SMILES string of the molecule is CNCCC1(C)CCN(C2CCC2)C1. The number of likely N-dealkylation sites (tertiary alicyclic amines) is 1. The molecular weight excluding hydrogens is 172 g/mol. The Morgan fingerprint density at radius 1 is 1.43 bits per heavy atom. The Kier molecular flexibility index (Phi) is 3.13. The highest BCUT2D eigenvalue weighted by atomic mass is 15.2. The molecule has 2 fully saturated rings. The Morgan fingerprint density at radius 3 is 2.79 bits per heavy atom. The van der Waals surface area contributed by atoms with E-state index in [2.05, 4.69) is 24.2 Å². The first-order valence-corrected chi connectivity index (χ1v) is 6.12. The molecule has 0 aromatic rings. The Balaban J connectivity index is 1.79. The maximum atomic E-state index is 3.27. The van der Waals surface area contributed by atoms with E-state index >= 15 is 0 Å². The molecule has 1 heterocycles. The van der Waals surface area contributed by atoms with Crippen molar-refractivity contribution in [3.63, 3.8) is 0 Å². The van der Waals surface area contributed by atoms with Gasteiger partial charge >= 0.3 is 0 Å². The van der Waals surface area contributed by atoms with Gasteiger partial charge in [0.05, 0.1) is 0 Å². The second-order valence-corrected chi connectivity index (χ2v) is 5.47. The van der Waals surface area contributed by atoms with E-state index in [-0.39, 0.29) is 0 Å². The lowest BCUT2D eigenvalue weighted by molar-refractivity contribution is 0.139. The summed E-state index contributed by atoms with van der Waals surface area (Å²) in [5.74, 6) is 0. The minimum atomic E-state index is 0.596. The topological polar surface area (TPSA) is 15.3 Å². The maximum absolute atomic E-state index is 3.27. The van der Waals surface area contributed by atoms with Crippen LogP contribution in [0, 0.1) is 5.41 Å². The summed E-state index contributed by atoms with van der Waals surface area (Å²) >= 11 is 0. The van der Waals surface area contributed by atoms with Crippen molar-refractivity contribution >= 4 is 0 Å². The van der Waals surface area contributed by atoms with E-state index in [9.17, 15) is 0 Å². The molecule has 1 aliphatic heterocycles. The summed E-state index contributed by atoms with van der Waals surface area (Å²) in [6.07, 6.45) is 7.14. The van der Waals surface area contributed by atoms with Crippen LogP contribution in [0.5, 0.6) is 0 Å². The first kappa shape index (κ1) is 10.4. The minimum absolute atomic E-state index is 0.596. The molecule has 1 atom stereocenters. The van der Waals surface area contributed by atoms with Crippen LogP contribution < -0.4 is 5.32 Å². The van der Waals surface area contributed by atoms with Crippen molar-refractivity contribution in [1.29, 1.82) is 0 Å². The summed E-state index contributed by atoms with van der Waals surface area (Å²) in [5, 5.41) is 3.27. The molecule has 14 heavy (non-hydrogen) atoms. The summed E-state index contributed by atoms with van der Waals surface area (Å²) in [6, 6.07) is 0.950. The van der Waals surface area contributed by atoms with Crippen molar-refractivity contribution in [2.24, 2.45) is 5.41 Å². The number of rotatable bonds is 4. The zero-order valence-corrected chi connectivity index (χ0v) is 9.68. The van der Waals surface area contributed by atoms with E-state index in [0.717, 1.165) is 6.04 Å². The molecular formula is C12H24N2. The standard InChI is InChI=1S/C12H24N2/c1-12(6-8-13-2)7-9-14(10-12)11-4-3-5-11/h11,13H,3-10H2,1-2H3. The van der Waals surface area contributed by atoms with Crippen molar-refractivity contribution in [2.75, 3.05) is 26.7 Å². The lowest BCUT2D eigenvalue weighted by atomic mass is 9.85. The fourth-order valence-corrected chi connectivity index (χ4v) is 2.76. The third kappa shape index (κ3) is 2.12. The fourth-order valence-electron chi connectivity index (χ4n) is 2.76. The molecule has 0 spiro atoms. The van der Waals surface area contributed by atoms with Crippen LogP contribution in [0.25, 0.3) is 0 Å². The van der Waals surface area contributed by atoms with E-state index in [4.69, 9.17) is 0 Å². The van der Waals surface area contributed by atoms with Crippen LogP contribution in [0.2, 0.25) is 0 Å². The largest absolute Gasteiger partial charge is 0.320 e. The smallest absolute Gasteiger partial charge is 0.00955 e. The van der Waals surface area contributed by atoms with Gasteiger partial charge in [-0.15, -0.1) is 0 Å². The average Bonchev–Trinajstić information content (AvgIpc) is 2.43. The Bertz CT molecular complexity index is 189. The maximum Gasteiger partial charge on any atom is 0.00955 e. The highest BCUT2D eigenvalue weighted by molar-refractivity contribution is 4.92. The highest BCUT2D eigenvalue weighted by Crippen LogP contribution is 2.37. The molecule has 0 radical (unpaired) electrons. The first-order valence-electron chi connectivity index (χ1n) is 6.12. The van der Waals surface area contributed by atoms with Gasteiger partial charge in [-0.2, -0.15) is 0 Å². The van der Waals surface area contributed by atoms with Crippen molar-refractivity contribution < 1.29 is 0 Å². The number of nitrogens with one attached hydrogen (secondary N) is 1. The van der Waals surface area contributed by atoms with Crippen LogP contribution in [0.3, 0.4) is 0 Å². The number of hydrogen-bond donors (Lipinski definition) is 1. The fraction of sp³-hybridized carbons (Fsp3) is 1.00. The van der Waals surface area contributed by atoms with Gasteiger partial charge in [0.1, 0.15) is 0 Å². The predicted molar refractivity (Wildman–Crippen MR) is 60.5 cm³/mol. The van der Waals surface area contributed by atoms with E-state index < -0.39 is 0 Å². The Labute approximate surface area is 88.1 Å². The molecule has 0 bridgehead atoms. The van der Waals surface area contributed by atoms with Crippen LogP contribution in [-0.4, -0.2) is 37.6 Å². The second-order valence-electron chi connectivity index (χ2n) is 5.47. The van der Waals surface area contributed by atoms with Gasteiger partial charge in [0.25, 0.3) is 0 Å². The average molecular weight is 196 g/mol. The summed E-state index contributed by atoms with van der Waals surface area (Å²) in [4.78, 5) is 2.74. The van der Waals surface area contributed by atoms with Crippen molar-refractivity contribution in [3.05, 3.63) is 0 Å². The molecule has 0 aromatic carbocycles. The van der Waals surface area contributed by atoms with Crippen LogP contribution in [0.1, 0.15) is 39.0 Å². The van der Waals surface area contributed by atoms with E-state index in [1.54, 1.807) is 0 Å². The minimum Gasteiger partial charge on any atom is -0.320 e. The Morgan fingerprint density at radius 2 is 2.21 bits per heavy atom. The van der Waals surface area contributed by atoms with E-state index in [0.29, 0.717) is 5.41 Å². The van der Waals surface area contributed by atoms with Crippen molar-refractivity contribution in [2.45, 2.75) is 45.1 Å².